The molecule has 2 nitrogen and oxygen atoms in total. The van der Waals surface area contributed by atoms with Crippen LogP contribution < -0.4 is 0 Å². The SMILES string of the molecule is CC1CC(C)(O)C1C#N. The lowest BCUT2D eigenvalue weighted by Crippen LogP contribution is -2.49. The topological polar surface area (TPSA) is 44.0 Å². The van der Waals surface area contributed by atoms with E-state index in [0.29, 0.717) is 5.92 Å². The summed E-state index contributed by atoms with van der Waals surface area (Å²) in [6.07, 6.45) is 0.769. The second kappa shape index (κ2) is 1.71. The maximum absolute atomic E-state index is 9.32. The monoisotopic (exact) mass is 125 g/mol. The van der Waals surface area contributed by atoms with Gasteiger partial charge in [0.25, 0.3) is 0 Å². The summed E-state index contributed by atoms with van der Waals surface area (Å²) in [5.41, 5.74) is -0.700. The van der Waals surface area contributed by atoms with E-state index < -0.39 is 5.60 Å². The summed E-state index contributed by atoms with van der Waals surface area (Å²) < 4.78 is 0. The van der Waals surface area contributed by atoms with E-state index in [1.807, 2.05) is 6.92 Å². The Balaban J connectivity index is 2.61. The molecule has 3 unspecified atom stereocenters. The Labute approximate surface area is 55.1 Å². The third kappa shape index (κ3) is 0.818. The van der Waals surface area contributed by atoms with Crippen LogP contribution in [0.3, 0.4) is 0 Å². The zero-order valence-corrected chi connectivity index (χ0v) is 5.76. The van der Waals surface area contributed by atoms with E-state index in [1.165, 1.54) is 0 Å². The molecule has 1 aliphatic carbocycles. The van der Waals surface area contributed by atoms with Gasteiger partial charge in [-0.05, 0) is 19.3 Å². The molecule has 0 spiro atoms. The van der Waals surface area contributed by atoms with E-state index in [0.717, 1.165) is 6.42 Å². The van der Waals surface area contributed by atoms with E-state index >= 15 is 0 Å². The van der Waals surface area contributed by atoms with Gasteiger partial charge in [-0.3, -0.25) is 0 Å². The second-order valence-electron chi connectivity index (χ2n) is 3.15. The molecule has 3 atom stereocenters. The van der Waals surface area contributed by atoms with Crippen molar-refractivity contribution >= 4 is 0 Å². The highest BCUT2D eigenvalue weighted by molar-refractivity contribution is 5.07. The summed E-state index contributed by atoms with van der Waals surface area (Å²) in [6, 6.07) is 2.09. The van der Waals surface area contributed by atoms with Crippen LogP contribution in [-0.2, 0) is 0 Å². The average Bonchev–Trinajstić information content (AvgIpc) is 1.63. The molecular formula is C7H11NO. The van der Waals surface area contributed by atoms with Crippen molar-refractivity contribution in [2.75, 3.05) is 0 Å². The van der Waals surface area contributed by atoms with Gasteiger partial charge in [0.1, 0.15) is 0 Å². The number of hydrogen-bond acceptors (Lipinski definition) is 2. The van der Waals surface area contributed by atoms with Crippen molar-refractivity contribution in [2.24, 2.45) is 11.8 Å². The Hall–Kier alpha value is -0.550. The highest BCUT2D eigenvalue weighted by atomic mass is 16.3. The van der Waals surface area contributed by atoms with E-state index in [2.05, 4.69) is 6.07 Å². The largest absolute Gasteiger partial charge is 0.389 e. The summed E-state index contributed by atoms with van der Waals surface area (Å²) in [7, 11) is 0. The smallest absolute Gasteiger partial charge is 0.0782 e. The minimum absolute atomic E-state index is 0.141. The fourth-order valence-corrected chi connectivity index (χ4v) is 1.62. The van der Waals surface area contributed by atoms with Crippen molar-refractivity contribution in [1.29, 1.82) is 5.26 Å². The normalized spacial score (nSPS) is 49.6. The lowest BCUT2D eigenvalue weighted by molar-refractivity contribution is -0.0914. The molecule has 0 radical (unpaired) electrons. The van der Waals surface area contributed by atoms with Crippen LogP contribution in [0.1, 0.15) is 20.3 Å². The molecule has 0 heterocycles. The van der Waals surface area contributed by atoms with Crippen LogP contribution in [0.25, 0.3) is 0 Å². The fraction of sp³-hybridized carbons (Fsp3) is 0.857. The van der Waals surface area contributed by atoms with Crippen molar-refractivity contribution in [3.8, 4) is 6.07 Å². The number of hydrogen-bond donors (Lipinski definition) is 1. The number of nitriles is 1. The van der Waals surface area contributed by atoms with Crippen LogP contribution in [0.4, 0.5) is 0 Å². The van der Waals surface area contributed by atoms with Gasteiger partial charge in [0, 0.05) is 0 Å². The van der Waals surface area contributed by atoms with Crippen LogP contribution in [0.15, 0.2) is 0 Å². The molecule has 0 saturated heterocycles. The van der Waals surface area contributed by atoms with Crippen LogP contribution >= 0.6 is 0 Å². The summed E-state index contributed by atoms with van der Waals surface area (Å²) in [5, 5.41) is 17.8. The molecule has 9 heavy (non-hydrogen) atoms. The molecule has 0 amide bonds. The first kappa shape index (κ1) is 6.57. The van der Waals surface area contributed by atoms with Gasteiger partial charge in [0.15, 0.2) is 0 Å². The van der Waals surface area contributed by atoms with E-state index in [-0.39, 0.29) is 5.92 Å². The zero-order valence-electron chi connectivity index (χ0n) is 5.76. The zero-order chi connectivity index (χ0) is 7.07. The average molecular weight is 125 g/mol. The van der Waals surface area contributed by atoms with Crippen LogP contribution in [0.2, 0.25) is 0 Å². The molecule has 1 aliphatic rings. The molecule has 0 aliphatic heterocycles. The maximum atomic E-state index is 9.32. The van der Waals surface area contributed by atoms with Crippen molar-refractivity contribution in [3.05, 3.63) is 0 Å². The first-order valence-corrected chi connectivity index (χ1v) is 3.20. The first-order valence-electron chi connectivity index (χ1n) is 3.20. The van der Waals surface area contributed by atoms with Crippen molar-refractivity contribution < 1.29 is 5.11 Å². The number of aliphatic hydroxyl groups is 1. The van der Waals surface area contributed by atoms with Crippen LogP contribution in [0.5, 0.6) is 0 Å². The van der Waals surface area contributed by atoms with Gasteiger partial charge in [-0.1, -0.05) is 6.92 Å². The summed E-state index contributed by atoms with van der Waals surface area (Å²) in [5.74, 6) is 0.238. The van der Waals surface area contributed by atoms with Crippen molar-refractivity contribution in [2.45, 2.75) is 25.9 Å². The quantitative estimate of drug-likeness (QED) is 0.523. The van der Waals surface area contributed by atoms with Gasteiger partial charge >= 0.3 is 0 Å². The van der Waals surface area contributed by atoms with Gasteiger partial charge in [-0.25, -0.2) is 0 Å². The third-order valence-electron chi connectivity index (χ3n) is 2.11. The summed E-state index contributed by atoms with van der Waals surface area (Å²) in [4.78, 5) is 0. The molecule has 0 aromatic heterocycles. The molecule has 1 rings (SSSR count). The molecule has 0 aromatic carbocycles. The number of nitrogens with zero attached hydrogens (tertiary/aromatic N) is 1. The van der Waals surface area contributed by atoms with Gasteiger partial charge in [-0.15, -0.1) is 0 Å². The Morgan fingerprint density at radius 3 is 2.44 bits per heavy atom. The molecule has 0 bridgehead atoms. The fourth-order valence-electron chi connectivity index (χ4n) is 1.62. The molecule has 1 saturated carbocycles. The predicted octanol–water partition coefficient (Wildman–Crippen LogP) is 0.917. The lowest BCUT2D eigenvalue weighted by atomic mass is 9.64. The predicted molar refractivity (Wildman–Crippen MR) is 33.5 cm³/mol. The van der Waals surface area contributed by atoms with E-state index in [9.17, 15) is 5.11 Å². The Bertz CT molecular complexity index is 157. The Morgan fingerprint density at radius 1 is 1.78 bits per heavy atom. The summed E-state index contributed by atoms with van der Waals surface area (Å²) in [6.45, 7) is 3.72. The number of rotatable bonds is 0. The molecule has 50 valence electrons. The highest BCUT2D eigenvalue weighted by Crippen LogP contribution is 2.42. The lowest BCUT2D eigenvalue weighted by Gasteiger charge is -2.44. The minimum atomic E-state index is -0.700. The molecular weight excluding hydrogens is 114 g/mol. The highest BCUT2D eigenvalue weighted by Gasteiger charge is 2.47. The van der Waals surface area contributed by atoms with Crippen LogP contribution in [-0.4, -0.2) is 10.7 Å². The summed E-state index contributed by atoms with van der Waals surface area (Å²) >= 11 is 0. The standard InChI is InChI=1S/C7H11NO/c1-5-3-7(2,9)6(5)4-8/h5-6,9H,3H2,1-2H3. The Kier molecular flexibility index (Phi) is 1.25. The van der Waals surface area contributed by atoms with E-state index in [4.69, 9.17) is 5.26 Å². The first-order chi connectivity index (χ1) is 4.08. The van der Waals surface area contributed by atoms with Crippen molar-refractivity contribution in [3.63, 3.8) is 0 Å². The second-order valence-corrected chi connectivity index (χ2v) is 3.15. The molecule has 1 fully saturated rings. The van der Waals surface area contributed by atoms with E-state index in [1.54, 1.807) is 6.92 Å². The van der Waals surface area contributed by atoms with Gasteiger partial charge in [0.2, 0.25) is 0 Å². The third-order valence-corrected chi connectivity index (χ3v) is 2.11. The van der Waals surface area contributed by atoms with Gasteiger partial charge < -0.3 is 5.11 Å². The maximum Gasteiger partial charge on any atom is 0.0782 e. The Morgan fingerprint density at radius 2 is 2.33 bits per heavy atom. The minimum Gasteiger partial charge on any atom is -0.389 e. The van der Waals surface area contributed by atoms with Crippen LogP contribution in [0, 0.1) is 23.2 Å². The molecule has 2 heteroatoms. The molecule has 1 N–H and O–H groups in total. The van der Waals surface area contributed by atoms with Crippen molar-refractivity contribution in [1.82, 2.24) is 0 Å². The molecule has 0 aromatic rings. The van der Waals surface area contributed by atoms with Gasteiger partial charge in [-0.2, -0.15) is 5.26 Å². The van der Waals surface area contributed by atoms with Gasteiger partial charge in [0.05, 0.1) is 17.6 Å².